The summed E-state index contributed by atoms with van der Waals surface area (Å²) in [5.74, 6) is 1.01. The summed E-state index contributed by atoms with van der Waals surface area (Å²) in [6.07, 6.45) is 2.34. The van der Waals surface area contributed by atoms with E-state index in [9.17, 15) is 0 Å². The Morgan fingerprint density at radius 1 is 1.14 bits per heavy atom. The van der Waals surface area contributed by atoms with Gasteiger partial charge in [0.05, 0.1) is 17.1 Å². The number of aromatic nitrogens is 2. The fraction of sp³-hybridized carbons (Fsp3) is 0.278. The average molecular weight is 277 g/mol. The molecule has 0 bridgehead atoms. The van der Waals surface area contributed by atoms with Crippen molar-refractivity contribution in [1.82, 2.24) is 15.3 Å². The minimum absolute atomic E-state index is 0.216. The van der Waals surface area contributed by atoms with Gasteiger partial charge in [-0.25, -0.2) is 4.98 Å². The lowest BCUT2D eigenvalue weighted by molar-refractivity contribution is 0.453. The van der Waals surface area contributed by atoms with Crippen LogP contribution in [0.5, 0.6) is 0 Å². The van der Waals surface area contributed by atoms with Crippen LogP contribution in [-0.2, 0) is 6.42 Å². The van der Waals surface area contributed by atoms with Gasteiger partial charge in [0.1, 0.15) is 5.82 Å². The second-order valence-corrected chi connectivity index (χ2v) is 5.82. The molecule has 3 heteroatoms. The van der Waals surface area contributed by atoms with E-state index in [1.54, 1.807) is 0 Å². The summed E-state index contributed by atoms with van der Waals surface area (Å²) in [5.41, 5.74) is 5.06. The third kappa shape index (κ3) is 2.24. The smallest absolute Gasteiger partial charge is 0.124 e. The van der Waals surface area contributed by atoms with Crippen LogP contribution >= 0.6 is 0 Å². The highest BCUT2D eigenvalue weighted by Crippen LogP contribution is 2.32. The summed E-state index contributed by atoms with van der Waals surface area (Å²) in [5, 5.41) is 3.72. The van der Waals surface area contributed by atoms with Gasteiger partial charge in [0.25, 0.3) is 0 Å². The Balaban J connectivity index is 1.57. The van der Waals surface area contributed by atoms with E-state index in [1.165, 1.54) is 24.0 Å². The summed E-state index contributed by atoms with van der Waals surface area (Å²) in [4.78, 5) is 8.11. The second kappa shape index (κ2) is 5.01. The van der Waals surface area contributed by atoms with Crippen molar-refractivity contribution < 1.29 is 0 Å². The highest BCUT2D eigenvalue weighted by Gasteiger charge is 2.24. The van der Waals surface area contributed by atoms with Gasteiger partial charge in [-0.3, -0.25) is 0 Å². The van der Waals surface area contributed by atoms with Crippen LogP contribution in [0.3, 0.4) is 0 Å². The van der Waals surface area contributed by atoms with E-state index in [1.807, 2.05) is 18.2 Å². The van der Waals surface area contributed by atoms with Crippen LogP contribution in [-0.4, -0.2) is 9.97 Å². The number of aromatic amines is 1. The standard InChI is InChI=1S/C18H19N3/c1-12(18-20-16-8-4-5-9-17(16)21-18)19-15-11-10-13-6-2-3-7-14(13)15/h2-9,12,15,19H,10-11H2,1H3,(H,20,21). The van der Waals surface area contributed by atoms with Crippen LogP contribution in [0, 0.1) is 0 Å². The highest BCUT2D eigenvalue weighted by molar-refractivity contribution is 5.74. The Labute approximate surface area is 124 Å². The Morgan fingerprint density at radius 2 is 1.95 bits per heavy atom. The molecule has 0 saturated carbocycles. The molecule has 0 spiro atoms. The van der Waals surface area contributed by atoms with Crippen molar-refractivity contribution in [2.24, 2.45) is 0 Å². The van der Waals surface area contributed by atoms with Gasteiger partial charge in [-0.15, -0.1) is 0 Å². The normalized spacial score (nSPS) is 18.8. The summed E-state index contributed by atoms with van der Waals surface area (Å²) in [6, 6.07) is 17.6. The number of hydrogen-bond acceptors (Lipinski definition) is 2. The van der Waals surface area contributed by atoms with Gasteiger partial charge in [-0.1, -0.05) is 36.4 Å². The SMILES string of the molecule is CC(NC1CCc2ccccc21)c1nc2ccccc2[nH]1. The van der Waals surface area contributed by atoms with Crippen molar-refractivity contribution in [3.63, 3.8) is 0 Å². The Bertz CT molecular complexity index is 742. The first-order valence-electron chi connectivity index (χ1n) is 7.60. The minimum atomic E-state index is 0.216. The van der Waals surface area contributed by atoms with Crippen LogP contribution in [0.25, 0.3) is 11.0 Å². The molecule has 0 aliphatic heterocycles. The van der Waals surface area contributed by atoms with E-state index in [-0.39, 0.29) is 6.04 Å². The fourth-order valence-electron chi connectivity index (χ4n) is 3.29. The van der Waals surface area contributed by atoms with Crippen LogP contribution in [0.15, 0.2) is 48.5 Å². The van der Waals surface area contributed by atoms with E-state index in [0.717, 1.165) is 16.9 Å². The molecule has 0 amide bonds. The topological polar surface area (TPSA) is 40.7 Å². The Kier molecular flexibility index (Phi) is 3.00. The number of rotatable bonds is 3. The number of nitrogens with zero attached hydrogens (tertiary/aromatic N) is 1. The Morgan fingerprint density at radius 3 is 2.86 bits per heavy atom. The molecule has 21 heavy (non-hydrogen) atoms. The number of fused-ring (bicyclic) bond motifs is 2. The lowest BCUT2D eigenvalue weighted by atomic mass is 10.1. The van der Waals surface area contributed by atoms with Gasteiger partial charge in [0.15, 0.2) is 0 Å². The van der Waals surface area contributed by atoms with E-state index < -0.39 is 0 Å². The number of hydrogen-bond donors (Lipinski definition) is 2. The molecule has 0 saturated heterocycles. The predicted octanol–water partition coefficient (Wildman–Crippen LogP) is 3.90. The van der Waals surface area contributed by atoms with E-state index >= 15 is 0 Å². The minimum Gasteiger partial charge on any atom is -0.341 e. The van der Waals surface area contributed by atoms with Gasteiger partial charge < -0.3 is 10.3 Å². The van der Waals surface area contributed by atoms with Crippen LogP contribution < -0.4 is 5.32 Å². The van der Waals surface area contributed by atoms with Crippen molar-refractivity contribution in [3.8, 4) is 0 Å². The van der Waals surface area contributed by atoms with E-state index in [0.29, 0.717) is 6.04 Å². The first-order valence-corrected chi connectivity index (χ1v) is 7.60. The zero-order valence-corrected chi connectivity index (χ0v) is 12.1. The van der Waals surface area contributed by atoms with Crippen molar-refractivity contribution in [1.29, 1.82) is 0 Å². The predicted molar refractivity (Wildman–Crippen MR) is 85.1 cm³/mol. The average Bonchev–Trinajstić information content (AvgIpc) is 3.11. The number of aryl methyl sites for hydroxylation is 1. The molecular weight excluding hydrogens is 258 g/mol. The third-order valence-corrected chi connectivity index (χ3v) is 4.40. The number of imidazole rings is 1. The maximum absolute atomic E-state index is 4.69. The van der Waals surface area contributed by atoms with Gasteiger partial charge >= 0.3 is 0 Å². The Hall–Kier alpha value is -2.13. The van der Waals surface area contributed by atoms with Crippen molar-refractivity contribution in [2.75, 3.05) is 0 Å². The molecule has 0 fully saturated rings. The molecule has 2 N–H and O–H groups in total. The molecule has 2 unspecified atom stereocenters. The summed E-state index contributed by atoms with van der Waals surface area (Å²) < 4.78 is 0. The molecule has 0 radical (unpaired) electrons. The molecule has 1 heterocycles. The largest absolute Gasteiger partial charge is 0.341 e. The van der Waals surface area contributed by atoms with Crippen LogP contribution in [0.1, 0.15) is 42.4 Å². The molecule has 3 aromatic rings. The number of nitrogens with one attached hydrogen (secondary N) is 2. The lowest BCUT2D eigenvalue weighted by Gasteiger charge is -2.18. The summed E-state index contributed by atoms with van der Waals surface area (Å²) in [7, 11) is 0. The zero-order valence-electron chi connectivity index (χ0n) is 12.1. The first kappa shape index (κ1) is 12.6. The summed E-state index contributed by atoms with van der Waals surface area (Å²) in [6.45, 7) is 2.18. The molecule has 3 nitrogen and oxygen atoms in total. The molecule has 1 aliphatic carbocycles. The van der Waals surface area contributed by atoms with Crippen LogP contribution in [0.2, 0.25) is 0 Å². The second-order valence-electron chi connectivity index (χ2n) is 5.82. The molecular formula is C18H19N3. The molecule has 1 aliphatic rings. The third-order valence-electron chi connectivity index (χ3n) is 4.40. The zero-order chi connectivity index (χ0) is 14.2. The van der Waals surface area contributed by atoms with Crippen molar-refractivity contribution in [3.05, 3.63) is 65.5 Å². The van der Waals surface area contributed by atoms with Gasteiger partial charge in [0.2, 0.25) is 0 Å². The van der Waals surface area contributed by atoms with Gasteiger partial charge in [0, 0.05) is 6.04 Å². The molecule has 4 rings (SSSR count). The van der Waals surface area contributed by atoms with E-state index in [4.69, 9.17) is 4.98 Å². The quantitative estimate of drug-likeness (QED) is 0.762. The fourth-order valence-corrected chi connectivity index (χ4v) is 3.29. The molecule has 1 aromatic heterocycles. The monoisotopic (exact) mass is 277 g/mol. The number of benzene rings is 2. The van der Waals surface area contributed by atoms with E-state index in [2.05, 4.69) is 47.6 Å². The molecule has 2 aromatic carbocycles. The van der Waals surface area contributed by atoms with Crippen LogP contribution in [0.4, 0.5) is 0 Å². The number of para-hydroxylation sites is 2. The molecule has 106 valence electrons. The van der Waals surface area contributed by atoms with Gasteiger partial charge in [-0.2, -0.15) is 0 Å². The van der Waals surface area contributed by atoms with Gasteiger partial charge in [-0.05, 0) is 43.0 Å². The maximum Gasteiger partial charge on any atom is 0.124 e. The van der Waals surface area contributed by atoms with Crippen molar-refractivity contribution >= 4 is 11.0 Å². The summed E-state index contributed by atoms with van der Waals surface area (Å²) >= 11 is 0. The first-order chi connectivity index (χ1) is 10.3. The van der Waals surface area contributed by atoms with Crippen molar-refractivity contribution in [2.45, 2.75) is 31.8 Å². The highest BCUT2D eigenvalue weighted by atomic mass is 15.0. The molecule has 2 atom stereocenters. The maximum atomic E-state index is 4.69. The number of H-pyrrole nitrogens is 1. The lowest BCUT2D eigenvalue weighted by Crippen LogP contribution is -2.23.